The van der Waals surface area contributed by atoms with E-state index in [9.17, 15) is 39.0 Å². The largest absolute Gasteiger partial charge is 0.507 e. The maximum atomic E-state index is 14.5. The molecule has 43 heavy (non-hydrogen) atoms. The van der Waals surface area contributed by atoms with Crippen LogP contribution in [0.3, 0.4) is 0 Å². The topological polar surface area (TPSA) is 152 Å². The van der Waals surface area contributed by atoms with Crippen LogP contribution in [0.15, 0.2) is 6.07 Å². The molecule has 4 rings (SSSR count). The van der Waals surface area contributed by atoms with Gasteiger partial charge >= 0.3 is 5.97 Å². The smallest absolute Gasteiger partial charge is 0.310 e. The first-order chi connectivity index (χ1) is 19.5. The Morgan fingerprint density at radius 3 is 2.12 bits per heavy atom. The molecule has 0 amide bonds. The summed E-state index contributed by atoms with van der Waals surface area (Å²) in [6, 6.07) is 1.70. The molecule has 1 aromatic rings. The summed E-state index contributed by atoms with van der Waals surface area (Å²) in [7, 11) is 0. The second-order valence-corrected chi connectivity index (χ2v) is 15.1. The number of phenolic OH excluding ortho intramolecular Hbond substituents is 1. The van der Waals surface area contributed by atoms with Gasteiger partial charge in [0, 0.05) is 16.9 Å². The summed E-state index contributed by atoms with van der Waals surface area (Å²) in [6.45, 7) is 16.9. The Hall–Kier alpha value is -3.20. The molecule has 0 spiro atoms. The van der Waals surface area contributed by atoms with Gasteiger partial charge in [0.05, 0.1) is 17.9 Å². The zero-order valence-electron chi connectivity index (χ0n) is 26.8. The highest BCUT2D eigenvalue weighted by Crippen LogP contribution is 2.64. The number of esters is 1. The molecule has 3 unspecified atom stereocenters. The van der Waals surface area contributed by atoms with Crippen LogP contribution in [0.1, 0.15) is 109 Å². The number of ether oxygens (including phenoxy) is 1. The number of fused-ring (bicyclic) bond motifs is 3. The van der Waals surface area contributed by atoms with Crippen molar-refractivity contribution in [3.63, 3.8) is 0 Å². The van der Waals surface area contributed by atoms with E-state index in [1.807, 2.05) is 13.8 Å². The molecule has 0 radical (unpaired) electrons. The minimum atomic E-state index is -2.76. The number of rotatable bonds is 5. The van der Waals surface area contributed by atoms with Crippen molar-refractivity contribution in [2.45, 2.75) is 106 Å². The molecule has 6 atom stereocenters. The summed E-state index contributed by atoms with van der Waals surface area (Å²) in [6.07, 6.45) is -0.160. The van der Waals surface area contributed by atoms with Crippen LogP contribution in [0.2, 0.25) is 0 Å². The van der Waals surface area contributed by atoms with E-state index in [4.69, 9.17) is 4.74 Å². The lowest BCUT2D eigenvalue weighted by atomic mass is 9.39. The summed E-state index contributed by atoms with van der Waals surface area (Å²) < 4.78 is 5.43. The molecule has 3 aliphatic rings. The zero-order valence-corrected chi connectivity index (χ0v) is 26.8. The summed E-state index contributed by atoms with van der Waals surface area (Å²) in [5, 5.41) is 23.6. The predicted molar refractivity (Wildman–Crippen MR) is 157 cm³/mol. The van der Waals surface area contributed by atoms with Gasteiger partial charge in [-0.05, 0) is 68.9 Å². The first-order valence-electron chi connectivity index (χ1n) is 15.0. The van der Waals surface area contributed by atoms with Crippen LogP contribution in [-0.2, 0) is 41.6 Å². The maximum absolute atomic E-state index is 14.5. The van der Waals surface area contributed by atoms with Crippen molar-refractivity contribution in [3.8, 4) is 5.75 Å². The molecule has 9 heteroatoms. The molecular weight excluding hydrogens is 552 g/mol. The molecule has 0 bridgehead atoms. The first kappa shape index (κ1) is 32.7. The number of ketones is 5. The lowest BCUT2D eigenvalue weighted by Crippen LogP contribution is -2.76. The molecule has 0 heterocycles. The SMILES string of the molecule is CC(=O)C1C(=O)C(C(C)C)[C@@]2(C)C[C@@]3(C)Cc4c(C(C)C)cc(CC(=O)OC(C)(C)C)c(O)c4C(=O)C3C(=O)[C@@]2(O)C1=O. The van der Waals surface area contributed by atoms with Crippen LogP contribution >= 0.6 is 0 Å². The summed E-state index contributed by atoms with van der Waals surface area (Å²) in [5.74, 6) is -10.2. The average molecular weight is 597 g/mol. The molecule has 1 aromatic carbocycles. The molecule has 2 fully saturated rings. The number of carbonyl (C=O) groups excluding carboxylic acids is 6. The summed E-state index contributed by atoms with van der Waals surface area (Å²) in [5.41, 5.74) is -4.86. The Morgan fingerprint density at radius 1 is 1.05 bits per heavy atom. The van der Waals surface area contributed by atoms with Gasteiger partial charge in [-0.25, -0.2) is 0 Å². The van der Waals surface area contributed by atoms with E-state index in [0.717, 1.165) is 12.5 Å². The lowest BCUT2D eigenvalue weighted by molar-refractivity contribution is -0.205. The second-order valence-electron chi connectivity index (χ2n) is 15.1. The van der Waals surface area contributed by atoms with E-state index in [1.165, 1.54) is 0 Å². The van der Waals surface area contributed by atoms with Crippen molar-refractivity contribution in [1.82, 2.24) is 0 Å². The van der Waals surface area contributed by atoms with Gasteiger partial charge in [0.15, 0.2) is 28.7 Å². The van der Waals surface area contributed by atoms with Crippen molar-refractivity contribution < 1.29 is 43.7 Å². The minimum Gasteiger partial charge on any atom is -0.507 e. The molecule has 0 aliphatic heterocycles. The number of aliphatic hydroxyl groups is 1. The van der Waals surface area contributed by atoms with Gasteiger partial charge in [0.1, 0.15) is 23.1 Å². The Labute approximate surface area is 252 Å². The fourth-order valence-electron chi connectivity index (χ4n) is 8.47. The zero-order chi connectivity index (χ0) is 32.8. The third-order valence-electron chi connectivity index (χ3n) is 9.87. The van der Waals surface area contributed by atoms with Gasteiger partial charge in [-0.1, -0.05) is 47.6 Å². The van der Waals surface area contributed by atoms with E-state index in [0.29, 0.717) is 5.56 Å². The molecule has 2 N–H and O–H groups in total. The Morgan fingerprint density at radius 2 is 1.63 bits per heavy atom. The number of benzene rings is 1. The lowest BCUT2D eigenvalue weighted by Gasteiger charge is -2.62. The third-order valence-corrected chi connectivity index (χ3v) is 9.87. The van der Waals surface area contributed by atoms with E-state index in [1.54, 1.807) is 54.5 Å². The van der Waals surface area contributed by atoms with Crippen molar-refractivity contribution in [2.75, 3.05) is 0 Å². The molecule has 0 aromatic heterocycles. The number of phenols is 1. The molecule has 9 nitrogen and oxygen atoms in total. The van der Waals surface area contributed by atoms with Gasteiger partial charge < -0.3 is 14.9 Å². The summed E-state index contributed by atoms with van der Waals surface area (Å²) >= 11 is 0. The quantitative estimate of drug-likeness (QED) is 0.378. The van der Waals surface area contributed by atoms with E-state index in [-0.39, 0.29) is 36.3 Å². The van der Waals surface area contributed by atoms with Gasteiger partial charge in [0.2, 0.25) is 0 Å². The van der Waals surface area contributed by atoms with Crippen LogP contribution < -0.4 is 0 Å². The van der Waals surface area contributed by atoms with E-state index < -0.39 is 86.3 Å². The molecular formula is C34H44O9. The van der Waals surface area contributed by atoms with Crippen LogP contribution in [0, 0.1) is 34.5 Å². The molecule has 234 valence electrons. The van der Waals surface area contributed by atoms with E-state index >= 15 is 0 Å². The Bertz CT molecular complexity index is 1460. The van der Waals surface area contributed by atoms with Crippen molar-refractivity contribution >= 4 is 34.9 Å². The monoisotopic (exact) mass is 596 g/mol. The van der Waals surface area contributed by atoms with Crippen LogP contribution in [0.5, 0.6) is 5.75 Å². The maximum Gasteiger partial charge on any atom is 0.310 e. The predicted octanol–water partition coefficient (Wildman–Crippen LogP) is 4.10. The van der Waals surface area contributed by atoms with Crippen molar-refractivity contribution in [3.05, 3.63) is 28.3 Å². The van der Waals surface area contributed by atoms with Gasteiger partial charge in [-0.2, -0.15) is 0 Å². The number of hydrogen-bond acceptors (Lipinski definition) is 9. The Kier molecular flexibility index (Phi) is 7.74. The van der Waals surface area contributed by atoms with Crippen LogP contribution in [0.4, 0.5) is 0 Å². The molecule has 3 aliphatic carbocycles. The summed E-state index contributed by atoms with van der Waals surface area (Å²) in [4.78, 5) is 81.6. The fraction of sp³-hybridized carbons (Fsp3) is 0.647. The average Bonchev–Trinajstić information content (AvgIpc) is 2.81. The van der Waals surface area contributed by atoms with Gasteiger partial charge in [-0.15, -0.1) is 0 Å². The van der Waals surface area contributed by atoms with Gasteiger partial charge in [-0.3, -0.25) is 28.8 Å². The Balaban J connectivity index is 1.94. The number of Topliss-reactive ketones (excluding diaryl/α,β-unsaturated/α-hetero) is 5. The number of carbonyl (C=O) groups is 6. The number of hydrogen-bond donors (Lipinski definition) is 2. The standard InChI is InChI=1S/C34H44O9/c1-15(2)19-11-18(12-21(36)43-31(6,7)8)26(37)23-20(19)13-32(9)14-33(10)24(16(3)4)27(38)22(17(5)35)29(40)34(33,42)30(41)25(32)28(23)39/h11,15-16,22,24-25,37,42H,12-14H2,1-10H3/t22?,24?,25?,32-,33-,34+/m1/s1. The van der Waals surface area contributed by atoms with Crippen LogP contribution in [0.25, 0.3) is 0 Å². The highest BCUT2D eigenvalue weighted by atomic mass is 16.6. The number of aromatic hydroxyl groups is 1. The van der Waals surface area contributed by atoms with Crippen molar-refractivity contribution in [1.29, 1.82) is 0 Å². The highest BCUT2D eigenvalue weighted by molar-refractivity contribution is 6.32. The highest BCUT2D eigenvalue weighted by Gasteiger charge is 2.76. The second kappa shape index (κ2) is 10.2. The molecule has 0 saturated heterocycles. The fourth-order valence-corrected chi connectivity index (χ4v) is 8.47. The molecule has 2 saturated carbocycles. The van der Waals surface area contributed by atoms with Gasteiger partial charge in [0.25, 0.3) is 0 Å². The third kappa shape index (κ3) is 4.69. The van der Waals surface area contributed by atoms with E-state index in [2.05, 4.69) is 0 Å². The minimum absolute atomic E-state index is 0.0129. The van der Waals surface area contributed by atoms with Crippen LogP contribution in [-0.4, -0.2) is 56.3 Å². The normalized spacial score (nSPS) is 32.4. The van der Waals surface area contributed by atoms with Crippen molar-refractivity contribution in [2.24, 2.45) is 34.5 Å². The first-order valence-corrected chi connectivity index (χ1v) is 15.0.